The summed E-state index contributed by atoms with van der Waals surface area (Å²) < 4.78 is 39.5. The van der Waals surface area contributed by atoms with Crippen LogP contribution >= 0.6 is 0 Å². The number of rotatable bonds is 9. The number of nitrogens with one attached hydrogen (secondary N) is 1. The van der Waals surface area contributed by atoms with E-state index in [9.17, 15) is 61.0 Å². The molecule has 0 bridgehead atoms. The van der Waals surface area contributed by atoms with Gasteiger partial charge >= 0.3 is 0 Å². The van der Waals surface area contributed by atoms with Gasteiger partial charge in [-0.1, -0.05) is 0 Å². The van der Waals surface area contributed by atoms with E-state index in [-0.39, 0.29) is 0 Å². The van der Waals surface area contributed by atoms with E-state index in [0.29, 0.717) is 0 Å². The SMILES string of the molecule is CC(=O)NC1C(O)OC(CO)[C@@H](O)C1O[C@@H]1OC(C)[C@H](O[C@H]2OC(CO)[C@@H](O)C(O)C2O)C(O[C@@H]2OC(C)[C@H](O)C(O)C2O)C1O. The zero-order chi connectivity index (χ0) is 34.2. The second-order valence-electron chi connectivity index (χ2n) is 11.8. The van der Waals surface area contributed by atoms with Crippen LogP contribution in [0.2, 0.25) is 0 Å². The summed E-state index contributed by atoms with van der Waals surface area (Å²) in [6, 6.07) is -1.43. The van der Waals surface area contributed by atoms with Crippen molar-refractivity contribution in [1.29, 1.82) is 0 Å². The first kappa shape index (κ1) is 37.6. The predicted octanol–water partition coefficient (Wildman–Crippen LogP) is -7.55. The summed E-state index contributed by atoms with van der Waals surface area (Å²) in [6.07, 6.45) is -30.9. The Morgan fingerprint density at radius 1 is 0.565 bits per heavy atom. The Balaban J connectivity index is 1.63. The first-order valence-corrected chi connectivity index (χ1v) is 14.8. The van der Waals surface area contributed by atoms with E-state index in [1.807, 2.05) is 0 Å². The lowest BCUT2D eigenvalue weighted by Crippen LogP contribution is -2.69. The Labute approximate surface area is 262 Å². The summed E-state index contributed by atoms with van der Waals surface area (Å²) in [4.78, 5) is 11.9. The van der Waals surface area contributed by atoms with Crippen molar-refractivity contribution >= 4 is 5.91 Å². The monoisotopic (exact) mass is 675 g/mol. The smallest absolute Gasteiger partial charge is 0.217 e. The molecule has 4 saturated heterocycles. The normalized spacial score (nSPS) is 51.9. The minimum atomic E-state index is -1.95. The highest BCUT2D eigenvalue weighted by atomic mass is 16.8. The average molecular weight is 676 g/mol. The molecule has 0 aromatic heterocycles. The topological polar surface area (TPSA) is 316 Å². The van der Waals surface area contributed by atoms with Gasteiger partial charge in [-0.3, -0.25) is 4.79 Å². The lowest BCUT2D eigenvalue weighted by molar-refractivity contribution is -0.391. The number of aliphatic hydroxyl groups excluding tert-OH is 11. The molecule has 4 fully saturated rings. The van der Waals surface area contributed by atoms with Crippen molar-refractivity contribution in [1.82, 2.24) is 5.32 Å². The van der Waals surface area contributed by atoms with Crippen molar-refractivity contribution in [3.8, 4) is 0 Å². The van der Waals surface area contributed by atoms with Gasteiger partial charge in [-0.25, -0.2) is 0 Å². The summed E-state index contributed by atoms with van der Waals surface area (Å²) in [7, 11) is 0. The van der Waals surface area contributed by atoms with E-state index >= 15 is 0 Å². The average Bonchev–Trinajstić information content (AvgIpc) is 3.01. The molecule has 4 heterocycles. The second kappa shape index (κ2) is 15.5. The van der Waals surface area contributed by atoms with E-state index in [4.69, 9.17) is 33.2 Å². The summed E-state index contributed by atoms with van der Waals surface area (Å²) in [6.45, 7) is 2.35. The van der Waals surface area contributed by atoms with Gasteiger partial charge in [0.25, 0.3) is 0 Å². The highest BCUT2D eigenvalue weighted by Crippen LogP contribution is 2.35. The van der Waals surface area contributed by atoms with Crippen LogP contribution < -0.4 is 5.32 Å². The molecule has 20 nitrogen and oxygen atoms in total. The number of carbonyl (C=O) groups is 1. The van der Waals surface area contributed by atoms with Gasteiger partial charge in [-0.2, -0.15) is 0 Å². The van der Waals surface area contributed by atoms with Crippen LogP contribution in [0, 0.1) is 0 Å². The standard InChI is InChI=1S/C26H45NO19/c1-6-12(31)15(34)17(36)24(40-6)46-22-19(38)26(45-21-11(27-8(3)30)23(39)42-10(5-29)14(21)33)41-7(2)20(22)44-25-18(37)16(35)13(32)9(4-28)43-25/h6-7,9-26,28-29,31-39H,4-5H2,1-3H3,(H,27,30)/t6?,7?,9?,10?,11?,12-,13+,14+,15?,16?,17?,18?,19?,20-,21?,22?,23?,24-,25+,26-/m0/s1. The Bertz CT molecular complexity index is 995. The summed E-state index contributed by atoms with van der Waals surface area (Å²) in [5.41, 5.74) is 0. The maximum absolute atomic E-state index is 11.9. The van der Waals surface area contributed by atoms with Crippen molar-refractivity contribution < 1.29 is 94.1 Å². The molecule has 46 heavy (non-hydrogen) atoms. The second-order valence-corrected chi connectivity index (χ2v) is 11.8. The van der Waals surface area contributed by atoms with Crippen LogP contribution in [0.15, 0.2) is 0 Å². The summed E-state index contributed by atoms with van der Waals surface area (Å²) in [5, 5.41) is 117. The van der Waals surface area contributed by atoms with Crippen molar-refractivity contribution in [2.24, 2.45) is 0 Å². The van der Waals surface area contributed by atoms with Gasteiger partial charge in [-0.15, -0.1) is 0 Å². The quantitative estimate of drug-likeness (QED) is 0.108. The van der Waals surface area contributed by atoms with Crippen LogP contribution in [0.25, 0.3) is 0 Å². The molecule has 268 valence electrons. The number of hydrogen-bond donors (Lipinski definition) is 12. The van der Waals surface area contributed by atoms with Crippen molar-refractivity contribution in [2.45, 2.75) is 144 Å². The molecule has 0 aromatic rings. The Morgan fingerprint density at radius 3 is 1.63 bits per heavy atom. The van der Waals surface area contributed by atoms with Crippen molar-refractivity contribution in [3.05, 3.63) is 0 Å². The van der Waals surface area contributed by atoms with Crippen molar-refractivity contribution in [3.63, 3.8) is 0 Å². The van der Waals surface area contributed by atoms with Crippen LogP contribution in [0.1, 0.15) is 20.8 Å². The third kappa shape index (κ3) is 7.64. The number of aliphatic hydroxyl groups is 11. The number of hydrogen-bond acceptors (Lipinski definition) is 19. The predicted molar refractivity (Wildman–Crippen MR) is 143 cm³/mol. The van der Waals surface area contributed by atoms with E-state index in [1.54, 1.807) is 0 Å². The van der Waals surface area contributed by atoms with Crippen LogP contribution in [0.3, 0.4) is 0 Å². The van der Waals surface area contributed by atoms with Crippen molar-refractivity contribution in [2.75, 3.05) is 13.2 Å². The molecular formula is C26H45NO19. The molecule has 0 saturated carbocycles. The molecule has 12 N–H and O–H groups in total. The lowest BCUT2D eigenvalue weighted by atomic mass is 9.94. The fourth-order valence-corrected chi connectivity index (χ4v) is 5.85. The molecule has 4 rings (SSSR count). The van der Waals surface area contributed by atoms with Crippen LogP contribution in [-0.2, 0) is 38.0 Å². The molecule has 20 atom stereocenters. The van der Waals surface area contributed by atoms with Crippen LogP contribution in [-0.4, -0.2) is 198 Å². The molecule has 0 radical (unpaired) electrons. The molecule has 1 amide bonds. The molecular weight excluding hydrogens is 630 g/mol. The maximum Gasteiger partial charge on any atom is 0.217 e. The lowest BCUT2D eigenvalue weighted by Gasteiger charge is -2.50. The molecule has 0 aromatic carbocycles. The fourth-order valence-electron chi connectivity index (χ4n) is 5.85. The van der Waals surface area contributed by atoms with Gasteiger partial charge in [-0.05, 0) is 13.8 Å². The minimum Gasteiger partial charge on any atom is -0.394 e. The Morgan fingerprint density at radius 2 is 1.04 bits per heavy atom. The van der Waals surface area contributed by atoms with E-state index in [0.717, 1.165) is 6.92 Å². The third-order valence-electron chi connectivity index (χ3n) is 8.52. The first-order valence-electron chi connectivity index (χ1n) is 14.8. The first-order chi connectivity index (χ1) is 21.6. The van der Waals surface area contributed by atoms with Crippen LogP contribution in [0.5, 0.6) is 0 Å². The minimum absolute atomic E-state index is 0.651. The molecule has 0 aliphatic carbocycles. The Kier molecular flexibility index (Phi) is 12.7. The molecule has 0 spiro atoms. The Hall–Kier alpha value is -1.25. The van der Waals surface area contributed by atoms with Gasteiger partial charge in [0.05, 0.1) is 25.4 Å². The summed E-state index contributed by atoms with van der Waals surface area (Å²) in [5.74, 6) is -0.651. The maximum atomic E-state index is 11.9. The zero-order valence-corrected chi connectivity index (χ0v) is 25.1. The fraction of sp³-hybridized carbons (Fsp3) is 0.962. The van der Waals surface area contributed by atoms with E-state index in [2.05, 4.69) is 5.32 Å². The molecule has 20 heteroatoms. The van der Waals surface area contributed by atoms with Gasteiger partial charge < -0.3 is 94.6 Å². The van der Waals surface area contributed by atoms with Crippen LogP contribution in [0.4, 0.5) is 0 Å². The van der Waals surface area contributed by atoms with E-state index < -0.39 is 142 Å². The number of amides is 1. The summed E-state index contributed by atoms with van der Waals surface area (Å²) >= 11 is 0. The van der Waals surface area contributed by atoms with Gasteiger partial charge in [0, 0.05) is 6.92 Å². The molecule has 4 aliphatic heterocycles. The highest BCUT2D eigenvalue weighted by molar-refractivity contribution is 5.73. The van der Waals surface area contributed by atoms with Gasteiger partial charge in [0.15, 0.2) is 25.2 Å². The van der Waals surface area contributed by atoms with Gasteiger partial charge in [0.2, 0.25) is 5.91 Å². The molecule has 4 aliphatic rings. The number of carbonyl (C=O) groups excluding carboxylic acids is 1. The number of ether oxygens (including phenoxy) is 7. The van der Waals surface area contributed by atoms with E-state index in [1.165, 1.54) is 13.8 Å². The van der Waals surface area contributed by atoms with Gasteiger partial charge in [0.1, 0.15) is 85.4 Å². The zero-order valence-electron chi connectivity index (χ0n) is 25.1. The highest BCUT2D eigenvalue weighted by Gasteiger charge is 2.55. The largest absolute Gasteiger partial charge is 0.394 e. The third-order valence-corrected chi connectivity index (χ3v) is 8.52. The molecule has 13 unspecified atom stereocenters.